The van der Waals surface area contributed by atoms with Crippen LogP contribution in [0.25, 0.3) is 0 Å². The van der Waals surface area contributed by atoms with Gasteiger partial charge in [-0.05, 0) is 49.6 Å². The fourth-order valence-corrected chi connectivity index (χ4v) is 4.30. The molecule has 0 radical (unpaired) electrons. The number of amides is 2. The Labute approximate surface area is 208 Å². The van der Waals surface area contributed by atoms with E-state index in [2.05, 4.69) is 29.0 Å². The molecule has 1 aliphatic rings. The average Bonchev–Trinajstić information content (AvgIpc) is 2.85. The van der Waals surface area contributed by atoms with Crippen molar-refractivity contribution in [3.05, 3.63) is 53.9 Å². The highest BCUT2D eigenvalue weighted by molar-refractivity contribution is 5.99. The van der Waals surface area contributed by atoms with Crippen molar-refractivity contribution < 1.29 is 19.1 Å². The zero-order chi connectivity index (χ0) is 25.4. The van der Waals surface area contributed by atoms with Crippen LogP contribution in [0, 0.1) is 5.92 Å². The monoisotopic (exact) mass is 482 g/mol. The van der Waals surface area contributed by atoms with Crippen LogP contribution in [0.4, 0.5) is 5.69 Å². The summed E-state index contributed by atoms with van der Waals surface area (Å²) in [6.07, 6.45) is 2.85. The Bertz CT molecular complexity index is 984. The predicted molar refractivity (Wildman–Crippen MR) is 137 cm³/mol. The smallest absolute Gasteiger partial charge is 0.257 e. The average molecular weight is 483 g/mol. The summed E-state index contributed by atoms with van der Waals surface area (Å²) >= 11 is 0. The van der Waals surface area contributed by atoms with Crippen molar-refractivity contribution in [3.63, 3.8) is 0 Å². The van der Waals surface area contributed by atoms with E-state index < -0.39 is 0 Å². The van der Waals surface area contributed by atoms with E-state index in [4.69, 9.17) is 9.47 Å². The van der Waals surface area contributed by atoms with Gasteiger partial charge in [-0.25, -0.2) is 0 Å². The van der Waals surface area contributed by atoms with E-state index in [1.807, 2.05) is 31.3 Å². The maximum atomic E-state index is 13.4. The summed E-state index contributed by atoms with van der Waals surface area (Å²) in [5.74, 6) is 0.427. The second kappa shape index (κ2) is 12.7. The van der Waals surface area contributed by atoms with Crippen molar-refractivity contribution in [2.75, 3.05) is 39.2 Å². The summed E-state index contributed by atoms with van der Waals surface area (Å²) < 4.78 is 12.0. The first-order chi connectivity index (χ1) is 16.8. The number of carbonyl (C=O) groups is 2. The first kappa shape index (κ1) is 26.6. The second-order valence-electron chi connectivity index (χ2n) is 9.36. The first-order valence-electron chi connectivity index (χ1n) is 12.3. The van der Waals surface area contributed by atoms with Crippen molar-refractivity contribution in [2.24, 2.45) is 5.92 Å². The van der Waals surface area contributed by atoms with Gasteiger partial charge in [-0.2, -0.15) is 0 Å². The molecule has 8 heteroatoms. The summed E-state index contributed by atoms with van der Waals surface area (Å²) in [7, 11) is 3.46. The first-order valence-corrected chi connectivity index (χ1v) is 12.3. The van der Waals surface area contributed by atoms with Crippen molar-refractivity contribution in [3.8, 4) is 5.75 Å². The molecule has 2 amide bonds. The molecule has 190 valence electrons. The number of carbonyl (C=O) groups excluding carboxylic acids is 2. The third kappa shape index (κ3) is 7.26. The van der Waals surface area contributed by atoms with Crippen molar-refractivity contribution >= 4 is 17.5 Å². The van der Waals surface area contributed by atoms with Gasteiger partial charge in [0.05, 0.1) is 17.4 Å². The van der Waals surface area contributed by atoms with Gasteiger partial charge in [-0.1, -0.05) is 19.9 Å². The van der Waals surface area contributed by atoms with E-state index in [9.17, 15) is 9.59 Å². The van der Waals surface area contributed by atoms with Crippen LogP contribution in [0.5, 0.6) is 5.75 Å². The maximum absolute atomic E-state index is 13.4. The number of nitrogens with zero attached hydrogens (tertiary/aromatic N) is 3. The molecule has 0 saturated heterocycles. The Balaban J connectivity index is 1.92. The topological polar surface area (TPSA) is 84.0 Å². The molecule has 1 aromatic heterocycles. The van der Waals surface area contributed by atoms with Crippen LogP contribution in [-0.4, -0.2) is 72.6 Å². The lowest BCUT2D eigenvalue weighted by Crippen LogP contribution is -2.46. The van der Waals surface area contributed by atoms with Crippen LogP contribution in [0.1, 0.15) is 49.7 Å². The molecule has 3 atom stereocenters. The lowest BCUT2D eigenvalue weighted by atomic mass is 10.0. The molecule has 1 aliphatic heterocycles. The number of methoxy groups -OCH3 is 1. The molecule has 0 fully saturated rings. The van der Waals surface area contributed by atoms with Crippen LogP contribution >= 0.6 is 0 Å². The molecule has 35 heavy (non-hydrogen) atoms. The number of nitrogens with one attached hydrogen (secondary N) is 1. The number of anilines is 1. The predicted octanol–water partition coefficient (Wildman–Crippen LogP) is 3.83. The van der Waals surface area contributed by atoms with Gasteiger partial charge in [0.25, 0.3) is 5.91 Å². The molecule has 8 nitrogen and oxygen atoms in total. The van der Waals surface area contributed by atoms with Crippen LogP contribution < -0.4 is 10.1 Å². The van der Waals surface area contributed by atoms with Crippen molar-refractivity contribution in [2.45, 2.75) is 52.3 Å². The van der Waals surface area contributed by atoms with Crippen LogP contribution in [0.2, 0.25) is 0 Å². The van der Waals surface area contributed by atoms with Gasteiger partial charge >= 0.3 is 0 Å². The van der Waals surface area contributed by atoms with Crippen molar-refractivity contribution in [1.29, 1.82) is 0 Å². The minimum absolute atomic E-state index is 0.0704. The number of aromatic nitrogens is 1. The van der Waals surface area contributed by atoms with Gasteiger partial charge in [0, 0.05) is 58.1 Å². The minimum Gasteiger partial charge on any atom is -0.491 e. The Morgan fingerprint density at radius 1 is 1.23 bits per heavy atom. The zero-order valence-electron chi connectivity index (χ0n) is 21.5. The van der Waals surface area contributed by atoms with E-state index in [0.717, 1.165) is 18.7 Å². The summed E-state index contributed by atoms with van der Waals surface area (Å²) in [5.41, 5.74) is 2.00. The van der Waals surface area contributed by atoms with Crippen LogP contribution in [0.15, 0.2) is 42.6 Å². The summed E-state index contributed by atoms with van der Waals surface area (Å²) in [6.45, 7) is 8.53. The van der Waals surface area contributed by atoms with Gasteiger partial charge < -0.3 is 19.7 Å². The van der Waals surface area contributed by atoms with E-state index in [0.29, 0.717) is 43.1 Å². The molecule has 1 aromatic carbocycles. The number of likely N-dealkylation sites (N-methyl/N-ethyl adjacent to an activating group) is 1. The standard InChI is InChI=1S/C27H38N4O4/c1-6-9-26(32)29-21-11-12-24-23(14-21)27(33)30(4)17-25(34-5)19(2)15-31(20(3)18-35-24)16-22-10-7-8-13-28-22/h7-8,10-14,19-20,25H,6,9,15-18H2,1-5H3,(H,29,32)/t19-,20-,25-/m0/s1. The number of rotatable bonds is 6. The Morgan fingerprint density at radius 2 is 2.03 bits per heavy atom. The number of ether oxygens (including phenoxy) is 2. The van der Waals surface area contributed by atoms with Crippen LogP contribution in [-0.2, 0) is 16.1 Å². The number of fused-ring (bicyclic) bond motifs is 1. The highest BCUT2D eigenvalue weighted by atomic mass is 16.5. The quantitative estimate of drug-likeness (QED) is 0.674. The molecule has 0 saturated carbocycles. The Morgan fingerprint density at radius 3 is 2.71 bits per heavy atom. The van der Waals surface area contributed by atoms with Crippen LogP contribution in [0.3, 0.4) is 0 Å². The number of pyridine rings is 1. The van der Waals surface area contributed by atoms with E-state index in [1.165, 1.54) is 0 Å². The molecule has 0 bridgehead atoms. The molecule has 0 unspecified atom stereocenters. The molecule has 2 heterocycles. The fraction of sp³-hybridized carbons (Fsp3) is 0.519. The van der Waals surface area contributed by atoms with Gasteiger partial charge in [0.2, 0.25) is 5.91 Å². The van der Waals surface area contributed by atoms with Gasteiger partial charge in [0.15, 0.2) is 0 Å². The SMILES string of the molecule is CCCC(=O)Nc1ccc2c(c1)C(=O)N(C)C[C@H](OC)[C@@H](C)CN(Cc1ccccn1)[C@@H](C)CO2. The highest BCUT2D eigenvalue weighted by Gasteiger charge is 2.28. The second-order valence-corrected chi connectivity index (χ2v) is 9.36. The number of hydrogen-bond donors (Lipinski definition) is 1. The Kier molecular flexibility index (Phi) is 9.63. The molecular weight excluding hydrogens is 444 g/mol. The normalized spacial score (nSPS) is 21.9. The molecule has 2 aromatic rings. The van der Waals surface area contributed by atoms with E-state index >= 15 is 0 Å². The van der Waals surface area contributed by atoms with Gasteiger partial charge in [-0.3, -0.25) is 19.5 Å². The van der Waals surface area contributed by atoms with Crippen molar-refractivity contribution in [1.82, 2.24) is 14.8 Å². The number of hydrogen-bond acceptors (Lipinski definition) is 6. The molecule has 0 aliphatic carbocycles. The third-order valence-electron chi connectivity index (χ3n) is 6.43. The summed E-state index contributed by atoms with van der Waals surface area (Å²) in [4.78, 5) is 34.1. The molecule has 0 spiro atoms. The summed E-state index contributed by atoms with van der Waals surface area (Å²) in [6, 6.07) is 11.3. The van der Waals surface area contributed by atoms with E-state index in [-0.39, 0.29) is 29.9 Å². The number of benzene rings is 1. The fourth-order valence-electron chi connectivity index (χ4n) is 4.30. The van der Waals surface area contributed by atoms with Gasteiger partial charge in [0.1, 0.15) is 12.4 Å². The van der Waals surface area contributed by atoms with Gasteiger partial charge in [-0.15, -0.1) is 0 Å². The Hall–Kier alpha value is -2.97. The molecule has 3 rings (SSSR count). The third-order valence-corrected chi connectivity index (χ3v) is 6.43. The lowest BCUT2D eigenvalue weighted by Gasteiger charge is -2.35. The maximum Gasteiger partial charge on any atom is 0.257 e. The largest absolute Gasteiger partial charge is 0.491 e. The van der Waals surface area contributed by atoms with E-state index in [1.54, 1.807) is 37.3 Å². The lowest BCUT2D eigenvalue weighted by molar-refractivity contribution is -0.116. The molecule has 1 N–H and O–H groups in total. The zero-order valence-corrected chi connectivity index (χ0v) is 21.5. The summed E-state index contributed by atoms with van der Waals surface area (Å²) in [5, 5.41) is 2.88. The highest BCUT2D eigenvalue weighted by Crippen LogP contribution is 2.27. The molecular formula is C27H38N4O4. The minimum atomic E-state index is -0.167.